The molecular weight excluding hydrogens is 208 g/mol. The molecule has 16 heavy (non-hydrogen) atoms. The number of pyridine rings is 1. The molecule has 0 fully saturated rings. The molecule has 2 N–H and O–H groups in total. The van der Waals surface area contributed by atoms with Gasteiger partial charge >= 0.3 is 0 Å². The molecule has 0 aliphatic rings. The largest absolute Gasteiger partial charge is 0.375 e. The third kappa shape index (κ3) is 2.23. The molecule has 2 rings (SSSR count). The van der Waals surface area contributed by atoms with Crippen molar-refractivity contribution in [2.75, 3.05) is 7.11 Å². The zero-order valence-corrected chi connectivity index (χ0v) is 8.83. The summed E-state index contributed by atoms with van der Waals surface area (Å²) in [6, 6.07) is 5.02. The van der Waals surface area contributed by atoms with Gasteiger partial charge in [-0.25, -0.2) is 0 Å². The van der Waals surface area contributed by atoms with E-state index in [0.717, 1.165) is 0 Å². The lowest BCUT2D eigenvalue weighted by Gasteiger charge is -2.04. The van der Waals surface area contributed by atoms with E-state index in [1.54, 1.807) is 13.3 Å². The molecule has 0 radical (unpaired) electrons. The van der Waals surface area contributed by atoms with Crippen molar-refractivity contribution in [3.8, 4) is 0 Å². The Balaban J connectivity index is 2.17. The van der Waals surface area contributed by atoms with Gasteiger partial charge in [0.2, 0.25) is 0 Å². The molecule has 0 bridgehead atoms. The van der Waals surface area contributed by atoms with E-state index in [1.807, 2.05) is 18.2 Å². The molecule has 1 unspecified atom stereocenters. The Kier molecular flexibility index (Phi) is 3.23. The zero-order valence-electron chi connectivity index (χ0n) is 8.83. The predicted molar refractivity (Wildman–Crippen MR) is 55.3 cm³/mol. The van der Waals surface area contributed by atoms with Gasteiger partial charge in [0.15, 0.2) is 5.82 Å². The van der Waals surface area contributed by atoms with Gasteiger partial charge in [0.25, 0.3) is 5.89 Å². The van der Waals surface area contributed by atoms with E-state index < -0.39 is 6.04 Å². The van der Waals surface area contributed by atoms with E-state index in [9.17, 15) is 0 Å². The summed E-state index contributed by atoms with van der Waals surface area (Å²) in [4.78, 5) is 8.24. The molecule has 6 heteroatoms. The summed E-state index contributed by atoms with van der Waals surface area (Å²) in [6.45, 7) is 0.280. The number of methoxy groups -OCH3 is 1. The van der Waals surface area contributed by atoms with E-state index in [-0.39, 0.29) is 6.61 Å². The molecule has 1 atom stereocenters. The highest BCUT2D eigenvalue weighted by Crippen LogP contribution is 2.14. The number of nitrogens with two attached hydrogens (primary N) is 1. The van der Waals surface area contributed by atoms with Crippen LogP contribution in [-0.2, 0) is 11.3 Å². The van der Waals surface area contributed by atoms with Gasteiger partial charge < -0.3 is 15.0 Å². The fourth-order valence-electron chi connectivity index (χ4n) is 1.27. The normalized spacial score (nSPS) is 12.6. The number of rotatable bonds is 4. The maximum absolute atomic E-state index is 5.94. The summed E-state index contributed by atoms with van der Waals surface area (Å²) in [6.07, 6.45) is 1.67. The molecule has 0 saturated heterocycles. The van der Waals surface area contributed by atoms with Gasteiger partial charge in [-0.2, -0.15) is 4.98 Å². The Morgan fingerprint density at radius 1 is 1.50 bits per heavy atom. The van der Waals surface area contributed by atoms with E-state index in [1.165, 1.54) is 0 Å². The Morgan fingerprint density at radius 3 is 3.06 bits per heavy atom. The number of ether oxygens (including phenoxy) is 1. The highest BCUT2D eigenvalue weighted by molar-refractivity contribution is 5.15. The molecule has 0 aliphatic carbocycles. The van der Waals surface area contributed by atoms with Gasteiger partial charge in [-0.1, -0.05) is 11.2 Å². The summed E-state index contributed by atoms with van der Waals surface area (Å²) in [5.41, 5.74) is 6.64. The Bertz CT molecular complexity index is 443. The first-order chi connectivity index (χ1) is 7.81. The van der Waals surface area contributed by atoms with Crippen molar-refractivity contribution in [3.63, 3.8) is 0 Å². The van der Waals surface area contributed by atoms with Crippen molar-refractivity contribution in [1.29, 1.82) is 0 Å². The SMILES string of the molecule is COCc1nc(C(N)c2ccccn2)no1. The predicted octanol–water partition coefficient (Wildman–Crippen LogP) is 0.659. The molecule has 2 aromatic rings. The fourth-order valence-corrected chi connectivity index (χ4v) is 1.27. The third-order valence-corrected chi connectivity index (χ3v) is 2.04. The second-order valence-corrected chi connectivity index (χ2v) is 3.21. The first-order valence-corrected chi connectivity index (χ1v) is 4.79. The van der Waals surface area contributed by atoms with Crippen LogP contribution in [-0.4, -0.2) is 22.2 Å². The number of aromatic nitrogens is 3. The number of hydrogen-bond acceptors (Lipinski definition) is 6. The molecule has 0 amide bonds. The van der Waals surface area contributed by atoms with Crippen LogP contribution >= 0.6 is 0 Å². The number of nitrogens with zero attached hydrogens (tertiary/aromatic N) is 3. The minimum atomic E-state index is -0.476. The summed E-state index contributed by atoms with van der Waals surface area (Å²) in [5.74, 6) is 0.814. The maximum Gasteiger partial charge on any atom is 0.252 e. The number of hydrogen-bond donors (Lipinski definition) is 1. The zero-order chi connectivity index (χ0) is 11.4. The molecule has 0 aromatic carbocycles. The second-order valence-electron chi connectivity index (χ2n) is 3.21. The van der Waals surface area contributed by atoms with Crippen LogP contribution in [0, 0.1) is 0 Å². The van der Waals surface area contributed by atoms with Crippen LogP contribution in [0.3, 0.4) is 0 Å². The van der Waals surface area contributed by atoms with Crippen molar-refractivity contribution in [2.45, 2.75) is 12.6 Å². The second kappa shape index (κ2) is 4.82. The Labute approximate surface area is 92.4 Å². The summed E-state index contributed by atoms with van der Waals surface area (Å²) < 4.78 is 9.83. The lowest BCUT2D eigenvalue weighted by Crippen LogP contribution is -2.15. The van der Waals surface area contributed by atoms with Crippen LogP contribution in [0.2, 0.25) is 0 Å². The summed E-state index contributed by atoms with van der Waals surface area (Å²) >= 11 is 0. The molecule has 2 aromatic heterocycles. The lowest BCUT2D eigenvalue weighted by molar-refractivity contribution is 0.151. The van der Waals surface area contributed by atoms with Gasteiger partial charge in [0.05, 0.1) is 5.69 Å². The average Bonchev–Trinajstić information content (AvgIpc) is 2.78. The Morgan fingerprint density at radius 2 is 2.38 bits per heavy atom. The minimum Gasteiger partial charge on any atom is -0.375 e. The lowest BCUT2D eigenvalue weighted by atomic mass is 10.2. The van der Waals surface area contributed by atoms with Crippen LogP contribution in [0.15, 0.2) is 28.9 Å². The van der Waals surface area contributed by atoms with E-state index in [4.69, 9.17) is 15.0 Å². The van der Waals surface area contributed by atoms with Gasteiger partial charge in [0, 0.05) is 13.3 Å². The van der Waals surface area contributed by atoms with Gasteiger partial charge in [-0.05, 0) is 12.1 Å². The van der Waals surface area contributed by atoms with Gasteiger partial charge in [-0.15, -0.1) is 0 Å². The first kappa shape index (κ1) is 10.7. The maximum atomic E-state index is 5.94. The van der Waals surface area contributed by atoms with Crippen molar-refractivity contribution < 1.29 is 9.26 Å². The minimum absolute atomic E-state index is 0.280. The summed E-state index contributed by atoms with van der Waals surface area (Å²) in [7, 11) is 1.56. The Hall–Kier alpha value is -1.79. The molecule has 84 valence electrons. The van der Waals surface area contributed by atoms with Crippen LogP contribution in [0.4, 0.5) is 0 Å². The van der Waals surface area contributed by atoms with E-state index >= 15 is 0 Å². The highest BCUT2D eigenvalue weighted by Gasteiger charge is 2.16. The monoisotopic (exact) mass is 220 g/mol. The quantitative estimate of drug-likeness (QED) is 0.814. The van der Waals surface area contributed by atoms with E-state index in [0.29, 0.717) is 17.4 Å². The van der Waals surface area contributed by atoms with Crippen LogP contribution in [0.5, 0.6) is 0 Å². The average molecular weight is 220 g/mol. The summed E-state index contributed by atoms with van der Waals surface area (Å²) in [5, 5.41) is 3.78. The molecule has 6 nitrogen and oxygen atoms in total. The van der Waals surface area contributed by atoms with Crippen molar-refractivity contribution in [3.05, 3.63) is 41.8 Å². The van der Waals surface area contributed by atoms with Gasteiger partial charge in [0.1, 0.15) is 12.6 Å². The topological polar surface area (TPSA) is 87.1 Å². The molecule has 0 saturated carbocycles. The highest BCUT2D eigenvalue weighted by atomic mass is 16.5. The first-order valence-electron chi connectivity index (χ1n) is 4.79. The standard InChI is InChI=1S/C10H12N4O2/c1-15-6-8-13-10(14-16-8)9(11)7-4-2-3-5-12-7/h2-5,9H,6,11H2,1H3. The molecular formula is C10H12N4O2. The van der Waals surface area contributed by atoms with Crippen LogP contribution in [0.1, 0.15) is 23.5 Å². The van der Waals surface area contributed by atoms with Crippen molar-refractivity contribution in [2.24, 2.45) is 5.73 Å². The fraction of sp³-hybridized carbons (Fsp3) is 0.300. The van der Waals surface area contributed by atoms with Crippen molar-refractivity contribution in [1.82, 2.24) is 15.1 Å². The molecule has 0 spiro atoms. The third-order valence-electron chi connectivity index (χ3n) is 2.04. The molecule has 2 heterocycles. The van der Waals surface area contributed by atoms with Crippen molar-refractivity contribution >= 4 is 0 Å². The van der Waals surface area contributed by atoms with Gasteiger partial charge in [-0.3, -0.25) is 4.98 Å². The van der Waals surface area contributed by atoms with Crippen LogP contribution < -0.4 is 5.73 Å². The molecule has 0 aliphatic heterocycles. The van der Waals surface area contributed by atoms with E-state index in [2.05, 4.69) is 15.1 Å². The smallest absolute Gasteiger partial charge is 0.252 e. The van der Waals surface area contributed by atoms with Crippen LogP contribution in [0.25, 0.3) is 0 Å².